The van der Waals surface area contributed by atoms with Crippen LogP contribution in [0.1, 0.15) is 6.42 Å². The Hall–Kier alpha value is -1.88. The van der Waals surface area contributed by atoms with E-state index in [0.29, 0.717) is 30.2 Å². The van der Waals surface area contributed by atoms with Crippen molar-refractivity contribution in [2.75, 3.05) is 18.1 Å². The highest BCUT2D eigenvalue weighted by Gasteiger charge is 2.08. The number of benzene rings is 2. The SMILES string of the molecule is Nc1cccc(OCCCS(=O)c2ccccc2F)c1. The maximum Gasteiger partial charge on any atom is 0.139 e. The van der Waals surface area contributed by atoms with Gasteiger partial charge in [-0.15, -0.1) is 0 Å². The Morgan fingerprint density at radius 3 is 2.70 bits per heavy atom. The van der Waals surface area contributed by atoms with Crippen molar-refractivity contribution in [3.8, 4) is 5.75 Å². The molecular weight excluding hydrogens is 277 g/mol. The lowest BCUT2D eigenvalue weighted by Gasteiger charge is -2.07. The summed E-state index contributed by atoms with van der Waals surface area (Å²) in [7, 11) is -1.34. The summed E-state index contributed by atoms with van der Waals surface area (Å²) in [5.74, 6) is 0.618. The van der Waals surface area contributed by atoms with Gasteiger partial charge in [0.05, 0.1) is 22.3 Å². The van der Waals surface area contributed by atoms with E-state index < -0.39 is 16.6 Å². The van der Waals surface area contributed by atoms with Gasteiger partial charge in [0.15, 0.2) is 0 Å². The van der Waals surface area contributed by atoms with Gasteiger partial charge in [-0.05, 0) is 30.7 Å². The number of rotatable bonds is 6. The van der Waals surface area contributed by atoms with Gasteiger partial charge in [-0.2, -0.15) is 0 Å². The van der Waals surface area contributed by atoms with Crippen molar-refractivity contribution < 1.29 is 13.3 Å². The van der Waals surface area contributed by atoms with Gasteiger partial charge in [-0.3, -0.25) is 4.21 Å². The van der Waals surface area contributed by atoms with Gasteiger partial charge in [-0.1, -0.05) is 18.2 Å². The molecule has 0 aromatic heterocycles. The van der Waals surface area contributed by atoms with Gasteiger partial charge in [-0.25, -0.2) is 4.39 Å². The van der Waals surface area contributed by atoms with Crippen molar-refractivity contribution in [2.45, 2.75) is 11.3 Å². The Balaban J connectivity index is 1.79. The summed E-state index contributed by atoms with van der Waals surface area (Å²) in [6.45, 7) is 0.420. The van der Waals surface area contributed by atoms with E-state index in [1.54, 1.807) is 30.3 Å². The van der Waals surface area contributed by atoms with Gasteiger partial charge in [0.1, 0.15) is 11.6 Å². The first-order valence-corrected chi connectivity index (χ1v) is 7.60. The number of halogens is 1. The van der Waals surface area contributed by atoms with E-state index >= 15 is 0 Å². The molecule has 0 radical (unpaired) electrons. The van der Waals surface area contributed by atoms with Crippen LogP contribution in [-0.2, 0) is 10.8 Å². The van der Waals surface area contributed by atoms with E-state index in [1.165, 1.54) is 6.07 Å². The van der Waals surface area contributed by atoms with Crippen LogP contribution in [-0.4, -0.2) is 16.6 Å². The van der Waals surface area contributed by atoms with Crippen LogP contribution in [0.25, 0.3) is 0 Å². The Labute approximate surface area is 120 Å². The molecule has 0 saturated carbocycles. The Kier molecular flexibility index (Phi) is 5.12. The van der Waals surface area contributed by atoms with Crippen LogP contribution >= 0.6 is 0 Å². The molecule has 2 aromatic rings. The Morgan fingerprint density at radius 1 is 1.15 bits per heavy atom. The van der Waals surface area contributed by atoms with Crippen LogP contribution in [0.2, 0.25) is 0 Å². The fourth-order valence-electron chi connectivity index (χ4n) is 1.72. The summed E-state index contributed by atoms with van der Waals surface area (Å²) in [5.41, 5.74) is 6.27. The number of nitrogens with two attached hydrogens (primary N) is 1. The average molecular weight is 293 g/mol. The number of hydrogen-bond acceptors (Lipinski definition) is 3. The molecule has 0 aliphatic carbocycles. The Bertz CT molecular complexity index is 604. The second-order valence-electron chi connectivity index (χ2n) is 4.25. The highest BCUT2D eigenvalue weighted by molar-refractivity contribution is 7.85. The molecule has 1 unspecified atom stereocenters. The molecule has 2 rings (SSSR count). The standard InChI is InChI=1S/C15H16FNO2S/c16-14-7-1-2-8-15(14)20(18)10-4-9-19-13-6-3-5-12(17)11-13/h1-3,5-8,11H,4,9-10,17H2. The molecule has 20 heavy (non-hydrogen) atoms. The van der Waals surface area contributed by atoms with Gasteiger partial charge in [0.2, 0.25) is 0 Å². The lowest BCUT2D eigenvalue weighted by Crippen LogP contribution is -2.06. The molecule has 2 N–H and O–H groups in total. The highest BCUT2D eigenvalue weighted by Crippen LogP contribution is 2.15. The molecule has 0 saturated heterocycles. The fraction of sp³-hybridized carbons (Fsp3) is 0.200. The summed E-state index contributed by atoms with van der Waals surface area (Å²) in [6, 6.07) is 13.2. The minimum absolute atomic E-state index is 0.247. The monoisotopic (exact) mass is 293 g/mol. The van der Waals surface area contributed by atoms with Crippen molar-refractivity contribution in [3.63, 3.8) is 0 Å². The van der Waals surface area contributed by atoms with Crippen molar-refractivity contribution in [1.82, 2.24) is 0 Å². The topological polar surface area (TPSA) is 52.3 Å². The van der Waals surface area contributed by atoms with Crippen LogP contribution in [0, 0.1) is 5.82 Å². The van der Waals surface area contributed by atoms with E-state index in [4.69, 9.17) is 10.5 Å². The molecule has 0 heterocycles. The number of ether oxygens (including phenoxy) is 1. The second kappa shape index (κ2) is 7.05. The minimum atomic E-state index is -1.34. The molecule has 2 aromatic carbocycles. The van der Waals surface area contributed by atoms with E-state index in [2.05, 4.69) is 0 Å². The lowest BCUT2D eigenvalue weighted by molar-refractivity contribution is 0.318. The quantitative estimate of drug-likeness (QED) is 0.658. The minimum Gasteiger partial charge on any atom is -0.493 e. The molecule has 0 amide bonds. The second-order valence-corrected chi connectivity index (χ2v) is 5.79. The molecule has 0 aliphatic heterocycles. The van der Waals surface area contributed by atoms with E-state index in [0.717, 1.165) is 0 Å². The summed E-state index contributed by atoms with van der Waals surface area (Å²) < 4.78 is 30.8. The maximum atomic E-state index is 13.4. The summed E-state index contributed by atoms with van der Waals surface area (Å²) in [4.78, 5) is 0.247. The molecule has 106 valence electrons. The van der Waals surface area contributed by atoms with Crippen molar-refractivity contribution in [1.29, 1.82) is 0 Å². The number of nitrogen functional groups attached to an aromatic ring is 1. The largest absolute Gasteiger partial charge is 0.493 e. The molecule has 0 aliphatic rings. The molecule has 0 fully saturated rings. The van der Waals surface area contributed by atoms with Crippen LogP contribution < -0.4 is 10.5 Å². The molecule has 0 spiro atoms. The van der Waals surface area contributed by atoms with E-state index in [-0.39, 0.29) is 4.90 Å². The maximum absolute atomic E-state index is 13.4. The van der Waals surface area contributed by atoms with E-state index in [9.17, 15) is 8.60 Å². The first kappa shape index (κ1) is 14.5. The first-order valence-electron chi connectivity index (χ1n) is 6.28. The highest BCUT2D eigenvalue weighted by atomic mass is 32.2. The summed E-state index contributed by atoms with van der Waals surface area (Å²) >= 11 is 0. The van der Waals surface area contributed by atoms with Crippen molar-refractivity contribution in [3.05, 3.63) is 54.3 Å². The molecule has 5 heteroatoms. The third-order valence-corrected chi connectivity index (χ3v) is 4.16. The molecule has 0 bridgehead atoms. The van der Waals surface area contributed by atoms with Crippen molar-refractivity contribution >= 4 is 16.5 Å². The smallest absolute Gasteiger partial charge is 0.139 e. The zero-order valence-corrected chi connectivity index (χ0v) is 11.7. The van der Waals surface area contributed by atoms with Crippen LogP contribution in [0.5, 0.6) is 5.75 Å². The normalized spacial score (nSPS) is 12.1. The van der Waals surface area contributed by atoms with Gasteiger partial charge in [0, 0.05) is 17.5 Å². The van der Waals surface area contributed by atoms with Gasteiger partial charge in [0.25, 0.3) is 0 Å². The van der Waals surface area contributed by atoms with E-state index in [1.807, 2.05) is 12.1 Å². The van der Waals surface area contributed by atoms with Crippen LogP contribution in [0.3, 0.4) is 0 Å². The fourth-order valence-corrected chi connectivity index (χ4v) is 2.84. The van der Waals surface area contributed by atoms with Crippen LogP contribution in [0.15, 0.2) is 53.4 Å². The number of anilines is 1. The number of hydrogen-bond donors (Lipinski definition) is 1. The predicted octanol–water partition coefficient (Wildman–Crippen LogP) is 2.98. The predicted molar refractivity (Wildman–Crippen MR) is 78.6 cm³/mol. The Morgan fingerprint density at radius 2 is 1.95 bits per heavy atom. The first-order chi connectivity index (χ1) is 9.66. The van der Waals surface area contributed by atoms with Crippen molar-refractivity contribution in [2.24, 2.45) is 0 Å². The van der Waals surface area contributed by atoms with Gasteiger partial charge >= 0.3 is 0 Å². The third-order valence-electron chi connectivity index (χ3n) is 2.68. The molecule has 3 nitrogen and oxygen atoms in total. The zero-order chi connectivity index (χ0) is 14.4. The molecule has 1 atom stereocenters. The van der Waals surface area contributed by atoms with Gasteiger partial charge < -0.3 is 10.5 Å². The third kappa shape index (κ3) is 4.06. The summed E-state index contributed by atoms with van der Waals surface area (Å²) in [5, 5.41) is 0. The lowest BCUT2D eigenvalue weighted by atomic mass is 10.3. The van der Waals surface area contributed by atoms with Crippen LogP contribution in [0.4, 0.5) is 10.1 Å². The zero-order valence-electron chi connectivity index (χ0n) is 10.9. The molecular formula is C15H16FNO2S. The average Bonchev–Trinajstić information content (AvgIpc) is 2.44. The summed E-state index contributed by atoms with van der Waals surface area (Å²) in [6.07, 6.45) is 0.579.